The van der Waals surface area contributed by atoms with Crippen molar-refractivity contribution in [3.8, 4) is 0 Å². The van der Waals surface area contributed by atoms with Gasteiger partial charge in [-0.15, -0.1) is 0 Å². The number of nitrogens with one attached hydrogen (secondary N) is 1. The van der Waals surface area contributed by atoms with Gasteiger partial charge in [-0.1, -0.05) is 11.6 Å². The molecule has 0 saturated carbocycles. The molecule has 3 aromatic heterocycles. The molecular weight excluding hydrogens is 326 g/mol. The van der Waals surface area contributed by atoms with E-state index in [9.17, 15) is 0 Å². The third kappa shape index (κ3) is 2.39. The van der Waals surface area contributed by atoms with Crippen LogP contribution in [0, 0.1) is 0 Å². The van der Waals surface area contributed by atoms with Crippen molar-refractivity contribution in [3.63, 3.8) is 0 Å². The van der Waals surface area contributed by atoms with E-state index >= 15 is 0 Å². The Morgan fingerprint density at radius 1 is 1.25 bits per heavy atom. The van der Waals surface area contributed by atoms with Crippen LogP contribution in [0.1, 0.15) is 11.5 Å². The normalized spacial score (nSPS) is 12.3. The van der Waals surface area contributed by atoms with E-state index in [0.29, 0.717) is 16.9 Å². The fourth-order valence-corrected chi connectivity index (χ4v) is 2.96. The third-order valence-corrected chi connectivity index (χ3v) is 4.22. The van der Waals surface area contributed by atoms with Gasteiger partial charge in [-0.3, -0.25) is 10.1 Å². The van der Waals surface area contributed by atoms with Crippen molar-refractivity contribution in [1.29, 1.82) is 0 Å². The molecule has 3 heterocycles. The Hall–Kier alpha value is -2.93. The minimum atomic E-state index is 0.522. The van der Waals surface area contributed by atoms with Crippen molar-refractivity contribution in [3.05, 3.63) is 58.6 Å². The molecule has 0 atom stereocenters. The predicted octanol–water partition coefficient (Wildman–Crippen LogP) is 1.86. The van der Waals surface area contributed by atoms with Gasteiger partial charge in [-0.05, 0) is 30.3 Å². The van der Waals surface area contributed by atoms with E-state index in [1.165, 1.54) is 0 Å². The second kappa shape index (κ2) is 5.61. The molecule has 1 aromatic carbocycles. The lowest BCUT2D eigenvalue weighted by Gasteiger charge is -2.04. The molecule has 8 heteroatoms. The van der Waals surface area contributed by atoms with Gasteiger partial charge in [-0.2, -0.15) is 10.2 Å². The molecule has 7 nitrogen and oxygen atoms in total. The van der Waals surface area contributed by atoms with Crippen LogP contribution in [0.5, 0.6) is 0 Å². The second-order valence-electron chi connectivity index (χ2n) is 5.48. The molecule has 0 bridgehead atoms. The monoisotopic (exact) mass is 339 g/mol. The number of aromatic nitrogens is 5. The molecule has 4 aromatic rings. The largest absolute Gasteiger partial charge is 0.330 e. The van der Waals surface area contributed by atoms with E-state index in [0.717, 1.165) is 33.5 Å². The van der Waals surface area contributed by atoms with Crippen LogP contribution < -0.4 is 11.3 Å². The number of nitrogens with zero attached hydrogens (tertiary/aromatic N) is 5. The molecule has 0 amide bonds. The Bertz CT molecular complexity index is 1110. The molecule has 0 spiro atoms. The number of fused-ring (bicyclic) bond motifs is 3. The summed E-state index contributed by atoms with van der Waals surface area (Å²) in [6, 6.07) is 9.32. The average Bonchev–Trinajstić information content (AvgIpc) is 2.92. The Labute approximate surface area is 141 Å². The number of aryl methyl sites for hydroxylation is 1. The maximum Gasteiger partial charge on any atom is 0.165 e. The van der Waals surface area contributed by atoms with Gasteiger partial charge in [0, 0.05) is 17.5 Å². The summed E-state index contributed by atoms with van der Waals surface area (Å²) in [5.74, 6) is 6.10. The standard InChI is InChI=1S/C16H14ClN7/c1-24-15(7-10-3-5-14(21-18)23-22-10)20-13-8-19-12-4-2-9(17)6-11(12)16(13)24/h2-6,8H,7,18H2,1H3,(H,21,23). The van der Waals surface area contributed by atoms with Crippen molar-refractivity contribution in [2.24, 2.45) is 18.0 Å². The Morgan fingerprint density at radius 2 is 2.12 bits per heavy atom. The number of H-pyrrole nitrogens is 1. The van der Waals surface area contributed by atoms with E-state index < -0.39 is 0 Å². The molecule has 120 valence electrons. The van der Waals surface area contributed by atoms with E-state index in [-0.39, 0.29) is 0 Å². The number of imidazole rings is 1. The first-order valence-corrected chi connectivity index (χ1v) is 7.71. The van der Waals surface area contributed by atoms with Crippen LogP contribution in [0.3, 0.4) is 0 Å². The number of rotatable bonds is 2. The van der Waals surface area contributed by atoms with Crippen molar-refractivity contribution in [1.82, 2.24) is 24.7 Å². The van der Waals surface area contributed by atoms with Crippen LogP contribution in [0.2, 0.25) is 5.02 Å². The van der Waals surface area contributed by atoms with E-state index in [2.05, 4.69) is 29.8 Å². The maximum atomic E-state index is 6.15. The number of hydrogen-bond acceptors (Lipinski definition) is 5. The fourth-order valence-electron chi connectivity index (χ4n) is 2.79. The lowest BCUT2D eigenvalue weighted by molar-refractivity contribution is 0.804. The molecule has 0 unspecified atom stereocenters. The zero-order valence-electron chi connectivity index (χ0n) is 12.9. The van der Waals surface area contributed by atoms with Crippen molar-refractivity contribution >= 4 is 33.5 Å². The molecule has 0 aliphatic rings. The Morgan fingerprint density at radius 3 is 2.88 bits per heavy atom. The van der Waals surface area contributed by atoms with Crippen molar-refractivity contribution in [2.75, 3.05) is 0 Å². The smallest absolute Gasteiger partial charge is 0.165 e. The second-order valence-corrected chi connectivity index (χ2v) is 5.92. The Balaban J connectivity index is 1.85. The zero-order valence-corrected chi connectivity index (χ0v) is 13.6. The van der Waals surface area contributed by atoms with Crippen LogP contribution in [-0.2, 0) is 13.5 Å². The lowest BCUT2D eigenvalue weighted by Crippen LogP contribution is -2.13. The SMILES string of the molecule is Cn1c(Cc2cc/c(=N/N)[nH]n2)nc2cnc3ccc(Cl)cc3c21. The summed E-state index contributed by atoms with van der Waals surface area (Å²) < 4.78 is 2.05. The fraction of sp³-hybridized carbons (Fsp3) is 0.125. The predicted molar refractivity (Wildman–Crippen MR) is 92.2 cm³/mol. The van der Waals surface area contributed by atoms with Crippen LogP contribution >= 0.6 is 11.6 Å². The van der Waals surface area contributed by atoms with Crippen LogP contribution in [0.15, 0.2) is 41.6 Å². The van der Waals surface area contributed by atoms with E-state index in [1.54, 1.807) is 12.3 Å². The molecule has 4 rings (SSSR count). The molecule has 0 aliphatic heterocycles. The summed E-state index contributed by atoms with van der Waals surface area (Å²) >= 11 is 6.15. The Kier molecular flexibility index (Phi) is 3.42. The van der Waals surface area contributed by atoms with E-state index in [1.807, 2.05) is 31.3 Å². The quantitative estimate of drug-likeness (QED) is 0.430. The highest BCUT2D eigenvalue weighted by atomic mass is 35.5. The minimum Gasteiger partial charge on any atom is -0.330 e. The summed E-state index contributed by atoms with van der Waals surface area (Å²) in [6.07, 6.45) is 2.36. The molecule has 0 fully saturated rings. The van der Waals surface area contributed by atoms with Gasteiger partial charge in [0.1, 0.15) is 11.3 Å². The van der Waals surface area contributed by atoms with Gasteiger partial charge in [-0.25, -0.2) is 4.98 Å². The highest BCUT2D eigenvalue weighted by Crippen LogP contribution is 2.26. The number of hydrogen-bond donors (Lipinski definition) is 2. The topological polar surface area (TPSA) is 97.8 Å². The first kappa shape index (κ1) is 14.6. The summed E-state index contributed by atoms with van der Waals surface area (Å²) in [7, 11) is 1.98. The minimum absolute atomic E-state index is 0.522. The number of nitrogens with two attached hydrogens (primary N) is 1. The summed E-state index contributed by atoms with van der Waals surface area (Å²) in [6.45, 7) is 0. The number of halogens is 1. The molecule has 0 saturated heterocycles. The van der Waals surface area contributed by atoms with E-state index in [4.69, 9.17) is 17.4 Å². The van der Waals surface area contributed by atoms with Crippen LogP contribution in [0.25, 0.3) is 21.9 Å². The molecule has 24 heavy (non-hydrogen) atoms. The zero-order chi connectivity index (χ0) is 16.7. The molecule has 0 radical (unpaired) electrons. The van der Waals surface area contributed by atoms with Crippen molar-refractivity contribution in [2.45, 2.75) is 6.42 Å². The molecular formula is C16H14ClN7. The highest BCUT2D eigenvalue weighted by molar-refractivity contribution is 6.31. The third-order valence-electron chi connectivity index (χ3n) is 3.98. The highest BCUT2D eigenvalue weighted by Gasteiger charge is 2.13. The van der Waals surface area contributed by atoms with Gasteiger partial charge < -0.3 is 10.4 Å². The number of aromatic amines is 1. The van der Waals surface area contributed by atoms with Crippen LogP contribution in [-0.4, -0.2) is 24.7 Å². The summed E-state index contributed by atoms with van der Waals surface area (Å²) in [5.41, 5.74) is 4.10. The number of pyridine rings is 1. The van der Waals surface area contributed by atoms with Crippen LogP contribution in [0.4, 0.5) is 0 Å². The molecule has 3 N–H and O–H groups in total. The van der Waals surface area contributed by atoms with Crippen molar-refractivity contribution < 1.29 is 0 Å². The van der Waals surface area contributed by atoms with Gasteiger partial charge in [0.05, 0.1) is 29.3 Å². The van der Waals surface area contributed by atoms with Gasteiger partial charge in [0.2, 0.25) is 0 Å². The lowest BCUT2D eigenvalue weighted by atomic mass is 10.2. The first-order valence-electron chi connectivity index (χ1n) is 7.34. The summed E-state index contributed by atoms with van der Waals surface area (Å²) in [4.78, 5) is 9.14. The summed E-state index contributed by atoms with van der Waals surface area (Å²) in [5, 5.41) is 12.2. The van der Waals surface area contributed by atoms with Gasteiger partial charge in [0.15, 0.2) is 5.49 Å². The average molecular weight is 340 g/mol. The van der Waals surface area contributed by atoms with Gasteiger partial charge in [0.25, 0.3) is 0 Å². The first-order chi connectivity index (χ1) is 11.7. The number of benzene rings is 1. The molecule has 0 aliphatic carbocycles. The maximum absolute atomic E-state index is 6.15. The van der Waals surface area contributed by atoms with Gasteiger partial charge >= 0.3 is 0 Å².